The number of non-ortho nitro benzene ring substituents is 1. The lowest BCUT2D eigenvalue weighted by atomic mass is 9.92. The van der Waals surface area contributed by atoms with Gasteiger partial charge in [-0.15, -0.1) is 0 Å². The quantitative estimate of drug-likeness (QED) is 0.338. The molecule has 164 valence electrons. The van der Waals surface area contributed by atoms with E-state index >= 15 is 0 Å². The first-order valence-electron chi connectivity index (χ1n) is 9.77. The van der Waals surface area contributed by atoms with Crippen molar-refractivity contribution in [1.82, 2.24) is 20.4 Å². The highest BCUT2D eigenvalue weighted by atomic mass is 16.6. The van der Waals surface area contributed by atoms with Gasteiger partial charge in [-0.1, -0.05) is 17.3 Å². The number of urea groups is 1. The largest absolute Gasteiger partial charge is 0.493 e. The lowest BCUT2D eigenvalue weighted by molar-refractivity contribution is -0.384. The molecule has 3 aromatic rings. The minimum Gasteiger partial charge on any atom is -0.493 e. The third kappa shape index (κ3) is 3.64. The average Bonchev–Trinajstić information content (AvgIpc) is 3.33. The van der Waals surface area contributed by atoms with Crippen LogP contribution in [0.25, 0.3) is 11.4 Å². The van der Waals surface area contributed by atoms with Gasteiger partial charge in [0.1, 0.15) is 17.8 Å². The Morgan fingerprint density at radius 3 is 2.59 bits per heavy atom. The molecule has 1 atom stereocenters. The Balaban J connectivity index is 1.55. The zero-order chi connectivity index (χ0) is 22.9. The molecule has 11 nitrogen and oxygen atoms in total. The maximum atomic E-state index is 13.1. The number of aromatic nitrogens is 2. The van der Waals surface area contributed by atoms with E-state index in [2.05, 4.69) is 15.5 Å². The lowest BCUT2D eigenvalue weighted by Crippen LogP contribution is -2.40. The molecule has 2 heterocycles. The second-order valence-electron chi connectivity index (χ2n) is 7.19. The van der Waals surface area contributed by atoms with Gasteiger partial charge in [-0.3, -0.25) is 19.8 Å². The summed E-state index contributed by atoms with van der Waals surface area (Å²) >= 11 is 0. The number of hydrogen-bond donors (Lipinski definition) is 1. The summed E-state index contributed by atoms with van der Waals surface area (Å²) in [6, 6.07) is 12.0. The van der Waals surface area contributed by atoms with Crippen molar-refractivity contribution in [3.05, 3.63) is 70.1 Å². The smallest absolute Gasteiger partial charge is 0.325 e. The fourth-order valence-electron chi connectivity index (χ4n) is 3.45. The van der Waals surface area contributed by atoms with Gasteiger partial charge in [-0.25, -0.2) is 4.79 Å². The highest BCUT2D eigenvalue weighted by Gasteiger charge is 2.49. The van der Waals surface area contributed by atoms with E-state index in [4.69, 9.17) is 9.26 Å². The second-order valence-corrected chi connectivity index (χ2v) is 7.19. The molecule has 1 N–H and O–H groups in total. The second kappa shape index (κ2) is 8.10. The van der Waals surface area contributed by atoms with E-state index in [9.17, 15) is 19.7 Å². The molecule has 1 aromatic heterocycles. The number of amides is 3. The first-order chi connectivity index (χ1) is 15.3. The zero-order valence-corrected chi connectivity index (χ0v) is 17.3. The number of ether oxygens (including phenoxy) is 1. The molecule has 0 spiro atoms. The van der Waals surface area contributed by atoms with Crippen molar-refractivity contribution in [3.63, 3.8) is 0 Å². The van der Waals surface area contributed by atoms with Crippen LogP contribution in [0.3, 0.4) is 0 Å². The summed E-state index contributed by atoms with van der Waals surface area (Å²) in [5.74, 6) is 0.394. The van der Waals surface area contributed by atoms with E-state index in [1.165, 1.54) is 31.2 Å². The van der Waals surface area contributed by atoms with Gasteiger partial charge in [0.2, 0.25) is 11.7 Å². The van der Waals surface area contributed by atoms with Crippen molar-refractivity contribution in [2.24, 2.45) is 0 Å². The van der Waals surface area contributed by atoms with Gasteiger partial charge in [-0.2, -0.15) is 4.98 Å². The summed E-state index contributed by atoms with van der Waals surface area (Å²) in [4.78, 5) is 41.2. The molecular weight excluding hydrogens is 418 g/mol. The fraction of sp³-hybridized carbons (Fsp3) is 0.238. The molecule has 3 amide bonds. The van der Waals surface area contributed by atoms with Crippen LogP contribution in [0.1, 0.15) is 25.3 Å². The van der Waals surface area contributed by atoms with Gasteiger partial charge in [0.05, 0.1) is 17.1 Å². The lowest BCUT2D eigenvalue weighted by Gasteiger charge is -2.21. The molecule has 0 unspecified atom stereocenters. The Morgan fingerprint density at radius 2 is 1.91 bits per heavy atom. The van der Waals surface area contributed by atoms with Crippen molar-refractivity contribution in [3.8, 4) is 17.1 Å². The van der Waals surface area contributed by atoms with E-state index in [1.54, 1.807) is 18.2 Å². The SMILES string of the molecule is CCOc1ccccc1-c1noc(CN2C(=O)N[C@@](C)(c3ccc([N+](=O)[O-])cc3)C2=O)n1. The highest BCUT2D eigenvalue weighted by molar-refractivity contribution is 6.07. The Hall–Kier alpha value is -4.28. The molecule has 32 heavy (non-hydrogen) atoms. The molecule has 4 rings (SSSR count). The Bertz CT molecular complexity index is 1190. The minimum absolute atomic E-state index is 0.0720. The maximum Gasteiger partial charge on any atom is 0.325 e. The summed E-state index contributed by atoms with van der Waals surface area (Å²) in [6.45, 7) is 3.63. The van der Waals surface area contributed by atoms with Crippen molar-refractivity contribution < 1.29 is 23.8 Å². The molecule has 0 saturated carbocycles. The van der Waals surface area contributed by atoms with Gasteiger partial charge < -0.3 is 14.6 Å². The van der Waals surface area contributed by atoms with Crippen LogP contribution in [0.5, 0.6) is 5.75 Å². The first-order valence-corrected chi connectivity index (χ1v) is 9.77. The van der Waals surface area contributed by atoms with Crippen LogP contribution in [0.2, 0.25) is 0 Å². The predicted molar refractivity (Wildman–Crippen MR) is 110 cm³/mol. The number of rotatable bonds is 7. The Kier molecular flexibility index (Phi) is 5.31. The van der Waals surface area contributed by atoms with E-state index < -0.39 is 22.4 Å². The zero-order valence-electron chi connectivity index (χ0n) is 17.3. The molecule has 0 bridgehead atoms. The van der Waals surface area contributed by atoms with Gasteiger partial charge in [0.15, 0.2) is 0 Å². The third-order valence-electron chi connectivity index (χ3n) is 5.12. The molecule has 11 heteroatoms. The van der Waals surface area contributed by atoms with E-state index in [0.29, 0.717) is 23.5 Å². The fourth-order valence-corrected chi connectivity index (χ4v) is 3.45. The molecule has 1 fully saturated rings. The van der Waals surface area contributed by atoms with E-state index in [0.717, 1.165) is 4.90 Å². The topological polar surface area (TPSA) is 141 Å². The molecule has 2 aromatic carbocycles. The number of carbonyl (C=O) groups excluding carboxylic acids is 2. The minimum atomic E-state index is -1.38. The Labute approximate surface area is 182 Å². The number of nitrogens with one attached hydrogen (secondary N) is 1. The van der Waals surface area contributed by atoms with Crippen LogP contribution in [-0.4, -0.2) is 38.5 Å². The monoisotopic (exact) mass is 437 g/mol. The number of nitro groups is 1. The van der Waals surface area contributed by atoms with Gasteiger partial charge >= 0.3 is 6.03 Å². The number of para-hydroxylation sites is 1. The summed E-state index contributed by atoms with van der Waals surface area (Å²) in [5, 5.41) is 17.5. The van der Waals surface area contributed by atoms with Crippen molar-refractivity contribution in [2.75, 3.05) is 6.61 Å². The molecule has 1 aliphatic heterocycles. The van der Waals surface area contributed by atoms with Crippen LogP contribution >= 0.6 is 0 Å². The number of benzene rings is 2. The van der Waals surface area contributed by atoms with E-state index in [1.807, 2.05) is 13.0 Å². The number of nitrogens with zero attached hydrogens (tertiary/aromatic N) is 4. The number of carbonyl (C=O) groups is 2. The molecule has 1 saturated heterocycles. The van der Waals surface area contributed by atoms with Crippen LogP contribution < -0.4 is 10.1 Å². The summed E-state index contributed by atoms with van der Waals surface area (Å²) < 4.78 is 10.8. The number of hydrogen-bond acceptors (Lipinski definition) is 8. The maximum absolute atomic E-state index is 13.1. The van der Waals surface area contributed by atoms with Crippen molar-refractivity contribution in [2.45, 2.75) is 25.9 Å². The summed E-state index contributed by atoms with van der Waals surface area (Å²) in [5.41, 5.74) is -0.453. The molecular formula is C21H19N5O6. The Morgan fingerprint density at radius 1 is 1.19 bits per heavy atom. The number of nitro benzene ring substituents is 1. The summed E-state index contributed by atoms with van der Waals surface area (Å²) in [7, 11) is 0. The predicted octanol–water partition coefficient (Wildman–Crippen LogP) is 3.01. The van der Waals surface area contributed by atoms with E-state index in [-0.39, 0.29) is 23.9 Å². The normalized spacial score (nSPS) is 18.0. The summed E-state index contributed by atoms with van der Waals surface area (Å²) in [6.07, 6.45) is 0. The van der Waals surface area contributed by atoms with Crippen LogP contribution in [0, 0.1) is 10.1 Å². The molecule has 0 aliphatic carbocycles. The average molecular weight is 437 g/mol. The van der Waals surface area contributed by atoms with Gasteiger partial charge in [0, 0.05) is 12.1 Å². The standard InChI is InChI=1S/C21H19N5O6/c1-3-31-16-7-5-4-6-15(16)18-22-17(32-24-18)12-25-19(27)21(2,23-20(25)28)13-8-10-14(11-9-13)26(29)30/h4-11H,3,12H2,1-2H3,(H,23,28)/t21-/m0/s1. The van der Waals surface area contributed by atoms with Gasteiger partial charge in [-0.05, 0) is 43.7 Å². The number of imide groups is 1. The van der Waals surface area contributed by atoms with Crippen molar-refractivity contribution >= 4 is 17.6 Å². The molecule has 1 aliphatic rings. The first kappa shape index (κ1) is 21.0. The van der Waals surface area contributed by atoms with Gasteiger partial charge in [0.25, 0.3) is 11.6 Å². The van der Waals surface area contributed by atoms with Crippen molar-refractivity contribution in [1.29, 1.82) is 0 Å². The third-order valence-corrected chi connectivity index (χ3v) is 5.12. The van der Waals surface area contributed by atoms with Crippen LogP contribution in [0.15, 0.2) is 53.1 Å². The van der Waals surface area contributed by atoms with Crippen LogP contribution in [-0.2, 0) is 16.9 Å². The highest BCUT2D eigenvalue weighted by Crippen LogP contribution is 2.32. The molecule has 0 radical (unpaired) electrons. The van der Waals surface area contributed by atoms with Crippen LogP contribution in [0.4, 0.5) is 10.5 Å².